The Kier molecular flexibility index (Phi) is 4.22. The summed E-state index contributed by atoms with van der Waals surface area (Å²) in [6.07, 6.45) is 4.73. The van der Waals surface area contributed by atoms with Crippen LogP contribution in [-0.4, -0.2) is 10.8 Å². The van der Waals surface area contributed by atoms with E-state index in [0.29, 0.717) is 15.7 Å². The van der Waals surface area contributed by atoms with Crippen LogP contribution in [0.2, 0.25) is 5.02 Å². The number of benzene rings is 1. The largest absolute Gasteiger partial charge is 0.465 e. The van der Waals surface area contributed by atoms with Crippen molar-refractivity contribution < 1.29 is 9.21 Å². The van der Waals surface area contributed by atoms with Crippen LogP contribution in [0.3, 0.4) is 0 Å². The molecule has 2 aromatic heterocycles. The number of aryl methyl sites for hydroxylation is 1. The summed E-state index contributed by atoms with van der Waals surface area (Å²) in [5, 5.41) is 1.48. The zero-order valence-corrected chi connectivity index (χ0v) is 13.3. The molecule has 0 N–H and O–H groups in total. The van der Waals surface area contributed by atoms with Crippen LogP contribution in [-0.2, 0) is 0 Å². The Morgan fingerprint density at radius 3 is 2.73 bits per heavy atom. The van der Waals surface area contributed by atoms with Crippen molar-refractivity contribution in [3.8, 4) is 10.6 Å². The van der Waals surface area contributed by atoms with Gasteiger partial charge in [0.05, 0.1) is 16.8 Å². The van der Waals surface area contributed by atoms with Crippen LogP contribution in [0.4, 0.5) is 0 Å². The molecule has 0 fully saturated rings. The van der Waals surface area contributed by atoms with Crippen LogP contribution in [0.15, 0.2) is 53.2 Å². The molecule has 3 rings (SSSR count). The average molecular weight is 330 g/mol. The van der Waals surface area contributed by atoms with E-state index >= 15 is 0 Å². The van der Waals surface area contributed by atoms with Gasteiger partial charge in [0.2, 0.25) is 0 Å². The van der Waals surface area contributed by atoms with Crippen molar-refractivity contribution in [1.29, 1.82) is 0 Å². The van der Waals surface area contributed by atoms with Crippen molar-refractivity contribution in [1.82, 2.24) is 4.98 Å². The van der Waals surface area contributed by atoms with Crippen LogP contribution < -0.4 is 0 Å². The first kappa shape index (κ1) is 14.8. The number of carbonyl (C=O) groups excluding carboxylic acids is 1. The summed E-state index contributed by atoms with van der Waals surface area (Å²) < 4.78 is 5.17. The molecule has 0 aliphatic heterocycles. The summed E-state index contributed by atoms with van der Waals surface area (Å²) >= 11 is 7.27. The summed E-state index contributed by atoms with van der Waals surface area (Å²) in [4.78, 5) is 17.4. The molecule has 0 aliphatic rings. The third kappa shape index (κ3) is 3.18. The third-order valence-corrected chi connectivity index (χ3v) is 4.53. The molecular weight excluding hydrogens is 318 g/mol. The number of nitrogens with zero attached hydrogens (tertiary/aromatic N) is 1. The normalized spacial score (nSPS) is 11.2. The van der Waals surface area contributed by atoms with E-state index in [-0.39, 0.29) is 5.78 Å². The lowest BCUT2D eigenvalue weighted by Gasteiger charge is -1.95. The van der Waals surface area contributed by atoms with Gasteiger partial charge in [-0.1, -0.05) is 23.7 Å². The number of thiazole rings is 1. The fourth-order valence-electron chi connectivity index (χ4n) is 1.96. The molecule has 110 valence electrons. The van der Waals surface area contributed by atoms with Crippen LogP contribution in [0.1, 0.15) is 21.1 Å². The highest BCUT2D eigenvalue weighted by molar-refractivity contribution is 7.17. The first-order valence-electron chi connectivity index (χ1n) is 6.63. The number of ketones is 1. The molecule has 0 radical (unpaired) electrons. The number of hydrogen-bond donors (Lipinski definition) is 0. The van der Waals surface area contributed by atoms with Gasteiger partial charge in [-0.25, -0.2) is 4.98 Å². The maximum absolute atomic E-state index is 12.3. The molecule has 5 heteroatoms. The van der Waals surface area contributed by atoms with Gasteiger partial charge in [0.15, 0.2) is 5.78 Å². The lowest BCUT2D eigenvalue weighted by atomic mass is 10.2. The highest BCUT2D eigenvalue weighted by atomic mass is 35.5. The van der Waals surface area contributed by atoms with E-state index in [2.05, 4.69) is 4.98 Å². The van der Waals surface area contributed by atoms with E-state index in [1.165, 1.54) is 17.4 Å². The van der Waals surface area contributed by atoms with Crippen molar-refractivity contribution in [2.75, 3.05) is 0 Å². The molecule has 0 atom stereocenters. The monoisotopic (exact) mass is 329 g/mol. The highest BCUT2D eigenvalue weighted by Gasteiger charge is 2.14. The van der Waals surface area contributed by atoms with Crippen LogP contribution in [0, 0.1) is 6.92 Å². The molecule has 0 amide bonds. The van der Waals surface area contributed by atoms with Gasteiger partial charge in [-0.2, -0.15) is 0 Å². The van der Waals surface area contributed by atoms with Crippen molar-refractivity contribution in [3.05, 3.63) is 70.1 Å². The predicted molar refractivity (Wildman–Crippen MR) is 89.4 cm³/mol. The summed E-state index contributed by atoms with van der Waals surface area (Å²) in [5.41, 5.74) is 1.68. The maximum atomic E-state index is 12.3. The highest BCUT2D eigenvalue weighted by Crippen LogP contribution is 2.29. The number of hydrogen-bond acceptors (Lipinski definition) is 4. The average Bonchev–Trinajstić information content (AvgIpc) is 3.15. The maximum Gasteiger partial charge on any atom is 0.197 e. The van der Waals surface area contributed by atoms with E-state index in [0.717, 1.165) is 16.3 Å². The standard InChI is InChI=1S/C17H12ClNO2S/c1-11-16(15(20)9-8-14-3-2-10-21-14)22-17(19-11)12-4-6-13(18)7-5-12/h2-10H,1H3/b9-8+. The Bertz CT molecular complexity index is 817. The molecule has 1 aromatic carbocycles. The Balaban J connectivity index is 1.85. The number of aromatic nitrogens is 1. The molecule has 0 saturated carbocycles. The molecule has 3 aromatic rings. The minimum atomic E-state index is -0.0772. The summed E-state index contributed by atoms with van der Waals surface area (Å²) in [6, 6.07) is 11.0. The molecule has 0 unspecified atom stereocenters. The molecule has 0 saturated heterocycles. The van der Waals surface area contributed by atoms with Crippen molar-refractivity contribution in [3.63, 3.8) is 0 Å². The number of furan rings is 1. The second kappa shape index (κ2) is 6.30. The van der Waals surface area contributed by atoms with Gasteiger partial charge in [-0.05, 0) is 43.3 Å². The second-order valence-corrected chi connectivity index (χ2v) is 6.09. The van der Waals surface area contributed by atoms with E-state index in [9.17, 15) is 4.79 Å². The van der Waals surface area contributed by atoms with E-state index in [1.807, 2.05) is 31.2 Å². The zero-order valence-electron chi connectivity index (χ0n) is 11.7. The topological polar surface area (TPSA) is 43.1 Å². The number of allylic oxidation sites excluding steroid dienone is 1. The summed E-state index contributed by atoms with van der Waals surface area (Å²) in [6.45, 7) is 1.84. The Labute approximate surface area is 136 Å². The quantitative estimate of drug-likeness (QED) is 0.484. The fraction of sp³-hybridized carbons (Fsp3) is 0.0588. The van der Waals surface area contributed by atoms with Crippen molar-refractivity contribution in [2.45, 2.75) is 6.92 Å². The molecule has 2 heterocycles. The van der Waals surface area contributed by atoms with Crippen molar-refractivity contribution >= 4 is 34.8 Å². The SMILES string of the molecule is Cc1nc(-c2ccc(Cl)cc2)sc1C(=O)/C=C/c1ccco1. The van der Waals surface area contributed by atoms with Gasteiger partial charge < -0.3 is 4.42 Å². The van der Waals surface area contributed by atoms with E-state index in [1.54, 1.807) is 24.5 Å². The van der Waals surface area contributed by atoms with E-state index < -0.39 is 0 Å². The minimum Gasteiger partial charge on any atom is -0.465 e. The molecule has 22 heavy (non-hydrogen) atoms. The van der Waals surface area contributed by atoms with Crippen LogP contribution in [0.5, 0.6) is 0 Å². The number of halogens is 1. The first-order valence-corrected chi connectivity index (χ1v) is 7.82. The van der Waals surface area contributed by atoms with Crippen molar-refractivity contribution in [2.24, 2.45) is 0 Å². The summed E-state index contributed by atoms with van der Waals surface area (Å²) in [5.74, 6) is 0.569. The molecule has 3 nitrogen and oxygen atoms in total. The van der Waals surface area contributed by atoms with Gasteiger partial charge in [-0.3, -0.25) is 4.79 Å². The second-order valence-electron chi connectivity index (χ2n) is 4.65. The number of carbonyl (C=O) groups is 1. The van der Waals surface area contributed by atoms with Crippen LogP contribution in [0.25, 0.3) is 16.6 Å². The Hall–Kier alpha value is -2.17. The third-order valence-electron chi connectivity index (χ3n) is 3.05. The van der Waals surface area contributed by atoms with Gasteiger partial charge in [0, 0.05) is 10.6 Å². The molecule has 0 spiro atoms. The van der Waals surface area contributed by atoms with Gasteiger partial charge in [0.1, 0.15) is 10.8 Å². The Morgan fingerprint density at radius 2 is 2.05 bits per heavy atom. The smallest absolute Gasteiger partial charge is 0.197 e. The van der Waals surface area contributed by atoms with E-state index in [4.69, 9.17) is 16.0 Å². The van der Waals surface area contributed by atoms with Gasteiger partial charge in [0.25, 0.3) is 0 Å². The lowest BCUT2D eigenvalue weighted by Crippen LogP contribution is -1.92. The predicted octanol–water partition coefficient (Wildman–Crippen LogP) is 5.26. The van der Waals surface area contributed by atoms with Gasteiger partial charge >= 0.3 is 0 Å². The molecule has 0 bridgehead atoms. The first-order chi connectivity index (χ1) is 10.6. The lowest BCUT2D eigenvalue weighted by molar-refractivity contribution is 0.105. The summed E-state index contributed by atoms with van der Waals surface area (Å²) in [7, 11) is 0. The fourth-order valence-corrected chi connectivity index (χ4v) is 3.08. The minimum absolute atomic E-state index is 0.0772. The molecule has 0 aliphatic carbocycles. The zero-order chi connectivity index (χ0) is 15.5. The molecular formula is C17H12ClNO2S. The van der Waals surface area contributed by atoms with Crippen LogP contribution >= 0.6 is 22.9 Å². The Morgan fingerprint density at radius 1 is 1.27 bits per heavy atom. The van der Waals surface area contributed by atoms with Gasteiger partial charge in [-0.15, -0.1) is 11.3 Å². The number of rotatable bonds is 4.